The summed E-state index contributed by atoms with van der Waals surface area (Å²) in [7, 11) is -2.00. The van der Waals surface area contributed by atoms with Gasteiger partial charge < -0.3 is 4.52 Å². The monoisotopic (exact) mass is 308 g/mol. The van der Waals surface area contributed by atoms with Crippen LogP contribution >= 0.6 is 0 Å². The second-order valence-corrected chi connectivity index (χ2v) is 7.40. The number of benzene rings is 1. The van der Waals surface area contributed by atoms with E-state index in [1.807, 2.05) is 32.9 Å². The average molecular weight is 308 g/mol. The van der Waals surface area contributed by atoms with E-state index in [0.717, 1.165) is 16.7 Å². The van der Waals surface area contributed by atoms with Crippen LogP contribution < -0.4 is 0 Å². The zero-order chi connectivity index (χ0) is 15.8. The van der Waals surface area contributed by atoms with E-state index < -0.39 is 10.0 Å². The molecule has 0 aliphatic carbocycles. The van der Waals surface area contributed by atoms with Crippen molar-refractivity contribution >= 4 is 10.0 Å². The van der Waals surface area contributed by atoms with Crippen molar-refractivity contribution in [3.8, 4) is 0 Å². The minimum atomic E-state index is -3.55. The molecule has 0 aliphatic rings. The van der Waals surface area contributed by atoms with Gasteiger partial charge in [0, 0.05) is 13.1 Å². The second-order valence-electron chi connectivity index (χ2n) is 5.42. The molecule has 5 nitrogen and oxygen atoms in total. The van der Waals surface area contributed by atoms with Gasteiger partial charge in [0.25, 0.3) is 0 Å². The Morgan fingerprint density at radius 1 is 1.10 bits per heavy atom. The average Bonchev–Trinajstić information content (AvgIpc) is 2.72. The smallest absolute Gasteiger partial charge is 0.243 e. The molecule has 0 spiro atoms. The highest BCUT2D eigenvalue weighted by molar-refractivity contribution is 7.89. The molecule has 21 heavy (non-hydrogen) atoms. The highest BCUT2D eigenvalue weighted by atomic mass is 32.2. The first-order valence-electron chi connectivity index (χ1n) is 6.68. The lowest BCUT2D eigenvalue weighted by Gasteiger charge is -2.19. The summed E-state index contributed by atoms with van der Waals surface area (Å²) in [5, 5.41) is 3.84. The molecule has 0 fully saturated rings. The minimum Gasteiger partial charge on any atom is -0.361 e. The lowest BCUT2D eigenvalue weighted by molar-refractivity contribution is 0.378. The van der Waals surface area contributed by atoms with Crippen LogP contribution in [0, 0.1) is 27.7 Å². The summed E-state index contributed by atoms with van der Waals surface area (Å²) in [6.07, 6.45) is 0. The maximum absolute atomic E-state index is 12.8. The Hall–Kier alpha value is -1.66. The van der Waals surface area contributed by atoms with Gasteiger partial charge in [0.2, 0.25) is 10.0 Å². The van der Waals surface area contributed by atoms with Crippen molar-refractivity contribution in [2.24, 2.45) is 0 Å². The summed E-state index contributed by atoms with van der Waals surface area (Å²) in [5.74, 6) is 0.665. The van der Waals surface area contributed by atoms with Crippen molar-refractivity contribution in [3.05, 3.63) is 46.3 Å². The van der Waals surface area contributed by atoms with Crippen LogP contribution in [0.1, 0.15) is 28.1 Å². The van der Waals surface area contributed by atoms with Crippen LogP contribution in [-0.2, 0) is 16.6 Å². The zero-order valence-electron chi connectivity index (χ0n) is 13.0. The normalized spacial score (nSPS) is 12.1. The maximum atomic E-state index is 12.8. The molecular formula is C15H20N2O3S. The lowest BCUT2D eigenvalue weighted by Crippen LogP contribution is -2.28. The SMILES string of the molecule is Cc1cc(C)c(S(=O)(=O)N(C)Cc2cc(C)on2)c(C)c1. The van der Waals surface area contributed by atoms with Gasteiger partial charge in [-0.1, -0.05) is 22.9 Å². The quantitative estimate of drug-likeness (QED) is 0.871. The number of nitrogens with zero attached hydrogens (tertiary/aromatic N) is 2. The van der Waals surface area contributed by atoms with Crippen LogP contribution in [0.3, 0.4) is 0 Å². The molecular weight excluding hydrogens is 288 g/mol. The van der Waals surface area contributed by atoms with Gasteiger partial charge in [0.05, 0.1) is 17.1 Å². The molecule has 0 N–H and O–H groups in total. The Kier molecular flexibility index (Phi) is 4.20. The third-order valence-electron chi connectivity index (χ3n) is 3.33. The van der Waals surface area contributed by atoms with Crippen molar-refractivity contribution in [1.29, 1.82) is 0 Å². The summed E-state index contributed by atoms with van der Waals surface area (Å²) in [5.41, 5.74) is 3.17. The minimum absolute atomic E-state index is 0.187. The standard InChI is InChI=1S/C15H20N2O3S/c1-10-6-11(2)15(12(3)7-10)21(18,19)17(5)9-14-8-13(4)20-16-14/h6-8H,9H2,1-5H3. The van der Waals surface area contributed by atoms with E-state index in [1.54, 1.807) is 20.0 Å². The van der Waals surface area contributed by atoms with Crippen LogP contribution in [0.5, 0.6) is 0 Å². The van der Waals surface area contributed by atoms with E-state index >= 15 is 0 Å². The lowest BCUT2D eigenvalue weighted by atomic mass is 10.1. The van der Waals surface area contributed by atoms with Crippen molar-refractivity contribution in [2.45, 2.75) is 39.1 Å². The summed E-state index contributed by atoms with van der Waals surface area (Å²) < 4.78 is 31.8. The van der Waals surface area contributed by atoms with Crippen molar-refractivity contribution in [3.63, 3.8) is 0 Å². The van der Waals surface area contributed by atoms with Crippen LogP contribution in [0.25, 0.3) is 0 Å². The number of aromatic nitrogens is 1. The zero-order valence-corrected chi connectivity index (χ0v) is 13.8. The molecule has 0 bridgehead atoms. The summed E-state index contributed by atoms with van der Waals surface area (Å²) in [6, 6.07) is 5.50. The predicted octanol–water partition coefficient (Wildman–Crippen LogP) is 2.73. The van der Waals surface area contributed by atoms with Crippen LogP contribution in [-0.4, -0.2) is 24.9 Å². The maximum Gasteiger partial charge on any atom is 0.243 e. The third kappa shape index (κ3) is 3.16. The fraction of sp³-hybridized carbons (Fsp3) is 0.400. The first-order valence-corrected chi connectivity index (χ1v) is 8.12. The third-order valence-corrected chi connectivity index (χ3v) is 5.44. The van der Waals surface area contributed by atoms with Crippen LogP contribution in [0.4, 0.5) is 0 Å². The fourth-order valence-electron chi connectivity index (χ4n) is 2.54. The number of hydrogen-bond donors (Lipinski definition) is 0. The van der Waals surface area contributed by atoms with E-state index in [0.29, 0.717) is 16.3 Å². The second kappa shape index (κ2) is 5.61. The van der Waals surface area contributed by atoms with Crippen molar-refractivity contribution in [1.82, 2.24) is 9.46 Å². The van der Waals surface area contributed by atoms with Gasteiger partial charge in [-0.05, 0) is 38.8 Å². The topological polar surface area (TPSA) is 63.4 Å². The van der Waals surface area contributed by atoms with E-state index in [1.165, 1.54) is 4.31 Å². The van der Waals surface area contributed by atoms with Gasteiger partial charge in [-0.2, -0.15) is 4.31 Å². The van der Waals surface area contributed by atoms with Gasteiger partial charge in [-0.3, -0.25) is 0 Å². The summed E-state index contributed by atoms with van der Waals surface area (Å²) in [6.45, 7) is 7.56. The molecule has 0 radical (unpaired) electrons. The van der Waals surface area contributed by atoms with E-state index in [4.69, 9.17) is 4.52 Å². The Bertz CT molecular complexity index is 740. The first kappa shape index (κ1) is 15.7. The highest BCUT2D eigenvalue weighted by Crippen LogP contribution is 2.25. The molecule has 0 unspecified atom stereocenters. The predicted molar refractivity (Wildman–Crippen MR) is 80.5 cm³/mol. The van der Waals surface area contributed by atoms with Gasteiger partial charge in [0.15, 0.2) is 0 Å². The Morgan fingerprint density at radius 2 is 1.67 bits per heavy atom. The number of hydrogen-bond acceptors (Lipinski definition) is 4. The molecule has 1 aromatic heterocycles. The van der Waals surface area contributed by atoms with Crippen LogP contribution in [0.15, 0.2) is 27.6 Å². The van der Waals surface area contributed by atoms with Crippen LogP contribution in [0.2, 0.25) is 0 Å². The van der Waals surface area contributed by atoms with Gasteiger partial charge in [0.1, 0.15) is 5.76 Å². The fourth-order valence-corrected chi connectivity index (χ4v) is 4.08. The number of sulfonamides is 1. The van der Waals surface area contributed by atoms with Crippen molar-refractivity contribution < 1.29 is 12.9 Å². The number of rotatable bonds is 4. The summed E-state index contributed by atoms with van der Waals surface area (Å²) in [4.78, 5) is 0.371. The molecule has 0 saturated carbocycles. The molecule has 114 valence electrons. The largest absolute Gasteiger partial charge is 0.361 e. The summed E-state index contributed by atoms with van der Waals surface area (Å²) >= 11 is 0. The van der Waals surface area contributed by atoms with E-state index in [-0.39, 0.29) is 6.54 Å². The number of aryl methyl sites for hydroxylation is 4. The molecule has 0 aliphatic heterocycles. The Morgan fingerprint density at radius 3 is 2.14 bits per heavy atom. The van der Waals surface area contributed by atoms with Gasteiger partial charge >= 0.3 is 0 Å². The van der Waals surface area contributed by atoms with E-state index in [9.17, 15) is 8.42 Å². The first-order chi connectivity index (χ1) is 9.71. The molecule has 0 atom stereocenters. The van der Waals surface area contributed by atoms with Crippen molar-refractivity contribution in [2.75, 3.05) is 7.05 Å². The molecule has 2 aromatic rings. The highest BCUT2D eigenvalue weighted by Gasteiger charge is 2.25. The van der Waals surface area contributed by atoms with E-state index in [2.05, 4.69) is 5.16 Å². The van der Waals surface area contributed by atoms with Gasteiger partial charge in [-0.25, -0.2) is 8.42 Å². The molecule has 2 rings (SSSR count). The molecule has 0 amide bonds. The van der Waals surface area contributed by atoms with Gasteiger partial charge in [-0.15, -0.1) is 0 Å². The molecule has 6 heteroatoms. The molecule has 0 saturated heterocycles. The Labute approximate surface area is 125 Å². The Balaban J connectivity index is 2.38. The molecule has 1 heterocycles. The molecule has 1 aromatic carbocycles.